The molecule has 2 aliphatic rings. The smallest absolute Gasteiger partial charge is 0.223 e. The first-order valence-electron chi connectivity index (χ1n) is 7.81. The van der Waals surface area contributed by atoms with Gasteiger partial charge >= 0.3 is 0 Å². The summed E-state index contributed by atoms with van der Waals surface area (Å²) in [5.41, 5.74) is 1.14. The fraction of sp³-hybridized carbons (Fsp3) is 0.625. The fourth-order valence-corrected chi connectivity index (χ4v) is 3.30. The van der Waals surface area contributed by atoms with E-state index in [1.807, 2.05) is 12.3 Å². The Balaban J connectivity index is 1.63. The van der Waals surface area contributed by atoms with Crippen molar-refractivity contribution in [1.29, 1.82) is 0 Å². The quantitative estimate of drug-likeness (QED) is 0.916. The first-order chi connectivity index (χ1) is 9.84. The van der Waals surface area contributed by atoms with E-state index in [1.54, 1.807) is 0 Å². The summed E-state index contributed by atoms with van der Waals surface area (Å²) in [6, 6.07) is 4.03. The summed E-state index contributed by atoms with van der Waals surface area (Å²) in [5, 5.41) is 3.10. The molecule has 1 saturated carbocycles. The van der Waals surface area contributed by atoms with Gasteiger partial charge in [0.15, 0.2) is 0 Å². The van der Waals surface area contributed by atoms with Gasteiger partial charge < -0.3 is 10.2 Å². The number of nitrogens with zero attached hydrogens (tertiary/aromatic N) is 2. The van der Waals surface area contributed by atoms with E-state index >= 15 is 0 Å². The van der Waals surface area contributed by atoms with Crippen LogP contribution in [-0.2, 0) is 11.3 Å². The summed E-state index contributed by atoms with van der Waals surface area (Å²) in [6.07, 6.45) is 8.83. The number of pyridine rings is 1. The van der Waals surface area contributed by atoms with Gasteiger partial charge in [0.05, 0.1) is 0 Å². The van der Waals surface area contributed by atoms with Crippen molar-refractivity contribution < 1.29 is 4.79 Å². The van der Waals surface area contributed by atoms with Crippen LogP contribution >= 0.6 is 0 Å². The van der Waals surface area contributed by atoms with Crippen LogP contribution in [0.25, 0.3) is 0 Å². The molecule has 108 valence electrons. The molecule has 2 fully saturated rings. The molecular formula is C16H23N3O. The van der Waals surface area contributed by atoms with Gasteiger partial charge in [-0.3, -0.25) is 4.79 Å². The molecular weight excluding hydrogens is 250 g/mol. The number of anilines is 1. The highest BCUT2D eigenvalue weighted by atomic mass is 16.1. The number of carbonyl (C=O) groups is 1. The van der Waals surface area contributed by atoms with E-state index in [0.717, 1.165) is 37.3 Å². The topological polar surface area (TPSA) is 45.2 Å². The monoisotopic (exact) mass is 273 g/mol. The molecule has 1 aromatic heterocycles. The molecule has 0 aromatic carbocycles. The lowest BCUT2D eigenvalue weighted by Crippen LogP contribution is -2.30. The van der Waals surface area contributed by atoms with Crippen molar-refractivity contribution >= 4 is 11.7 Å². The van der Waals surface area contributed by atoms with Gasteiger partial charge in [0.1, 0.15) is 5.82 Å². The largest absolute Gasteiger partial charge is 0.356 e. The highest BCUT2D eigenvalue weighted by molar-refractivity contribution is 5.79. The number of amides is 1. The SMILES string of the molecule is O=C(NCc1cccnc1N1CCCC1)C1CCCC1. The molecule has 2 heterocycles. The van der Waals surface area contributed by atoms with Gasteiger partial charge in [-0.05, 0) is 31.7 Å². The maximum atomic E-state index is 12.1. The first kappa shape index (κ1) is 13.4. The lowest BCUT2D eigenvalue weighted by molar-refractivity contribution is -0.124. The minimum absolute atomic E-state index is 0.221. The van der Waals surface area contributed by atoms with E-state index in [0.29, 0.717) is 6.54 Å². The summed E-state index contributed by atoms with van der Waals surface area (Å²) in [6.45, 7) is 2.77. The number of rotatable bonds is 4. The Bertz CT molecular complexity index is 463. The minimum Gasteiger partial charge on any atom is -0.356 e. The van der Waals surface area contributed by atoms with Crippen LogP contribution < -0.4 is 10.2 Å². The Morgan fingerprint density at radius 3 is 2.75 bits per heavy atom. The molecule has 1 N–H and O–H groups in total. The molecule has 1 aromatic rings. The molecule has 1 saturated heterocycles. The van der Waals surface area contributed by atoms with E-state index in [2.05, 4.69) is 21.3 Å². The maximum absolute atomic E-state index is 12.1. The summed E-state index contributed by atoms with van der Waals surface area (Å²) in [7, 11) is 0. The minimum atomic E-state index is 0.221. The maximum Gasteiger partial charge on any atom is 0.223 e. The second-order valence-electron chi connectivity index (χ2n) is 5.88. The molecule has 0 unspecified atom stereocenters. The number of hydrogen-bond donors (Lipinski definition) is 1. The van der Waals surface area contributed by atoms with Crippen LogP contribution in [0.1, 0.15) is 44.1 Å². The Hall–Kier alpha value is -1.58. The zero-order valence-electron chi connectivity index (χ0n) is 12.0. The van der Waals surface area contributed by atoms with Crippen molar-refractivity contribution in [3.05, 3.63) is 23.9 Å². The second kappa shape index (κ2) is 6.25. The highest BCUT2D eigenvalue weighted by Crippen LogP contribution is 2.25. The summed E-state index contributed by atoms with van der Waals surface area (Å²) < 4.78 is 0. The Morgan fingerprint density at radius 2 is 2.00 bits per heavy atom. The Labute approximate surface area is 120 Å². The molecule has 1 amide bonds. The standard InChI is InChI=1S/C16H23N3O/c20-16(13-6-1-2-7-13)18-12-14-8-5-9-17-15(14)19-10-3-4-11-19/h5,8-9,13H,1-4,6-7,10-12H2,(H,18,20). The Morgan fingerprint density at radius 1 is 1.25 bits per heavy atom. The zero-order valence-corrected chi connectivity index (χ0v) is 12.0. The third-order valence-corrected chi connectivity index (χ3v) is 4.45. The van der Waals surface area contributed by atoms with Crippen LogP contribution in [0.5, 0.6) is 0 Å². The lowest BCUT2D eigenvalue weighted by Gasteiger charge is -2.20. The third kappa shape index (κ3) is 2.94. The molecule has 4 heteroatoms. The van der Waals surface area contributed by atoms with Crippen molar-refractivity contribution in [3.63, 3.8) is 0 Å². The van der Waals surface area contributed by atoms with E-state index in [9.17, 15) is 4.79 Å². The van der Waals surface area contributed by atoms with E-state index in [1.165, 1.54) is 25.7 Å². The van der Waals surface area contributed by atoms with Crippen LogP contribution in [0, 0.1) is 5.92 Å². The van der Waals surface area contributed by atoms with Crippen molar-refractivity contribution in [3.8, 4) is 0 Å². The fourth-order valence-electron chi connectivity index (χ4n) is 3.30. The van der Waals surface area contributed by atoms with Crippen LogP contribution in [0.3, 0.4) is 0 Å². The van der Waals surface area contributed by atoms with Crippen LogP contribution in [-0.4, -0.2) is 24.0 Å². The summed E-state index contributed by atoms with van der Waals surface area (Å²) in [5.74, 6) is 1.51. The van der Waals surface area contributed by atoms with Gasteiger partial charge in [0, 0.05) is 37.3 Å². The highest BCUT2D eigenvalue weighted by Gasteiger charge is 2.23. The van der Waals surface area contributed by atoms with E-state index in [-0.39, 0.29) is 11.8 Å². The predicted molar refractivity (Wildman–Crippen MR) is 79.5 cm³/mol. The van der Waals surface area contributed by atoms with Gasteiger partial charge in [-0.25, -0.2) is 4.98 Å². The van der Waals surface area contributed by atoms with Gasteiger partial charge in [-0.2, -0.15) is 0 Å². The molecule has 0 spiro atoms. The van der Waals surface area contributed by atoms with Crippen molar-refractivity contribution in [2.75, 3.05) is 18.0 Å². The molecule has 3 rings (SSSR count). The second-order valence-corrected chi connectivity index (χ2v) is 5.88. The molecule has 0 radical (unpaired) electrons. The van der Waals surface area contributed by atoms with Crippen LogP contribution in [0.4, 0.5) is 5.82 Å². The Kier molecular flexibility index (Phi) is 4.19. The molecule has 0 bridgehead atoms. The van der Waals surface area contributed by atoms with Crippen LogP contribution in [0.15, 0.2) is 18.3 Å². The normalized spacial score (nSPS) is 19.5. The number of hydrogen-bond acceptors (Lipinski definition) is 3. The molecule has 1 aliphatic carbocycles. The number of carbonyl (C=O) groups excluding carboxylic acids is 1. The average Bonchev–Trinajstić information content (AvgIpc) is 3.17. The zero-order chi connectivity index (χ0) is 13.8. The van der Waals surface area contributed by atoms with Gasteiger partial charge in [0.2, 0.25) is 5.91 Å². The van der Waals surface area contributed by atoms with Crippen molar-refractivity contribution in [1.82, 2.24) is 10.3 Å². The van der Waals surface area contributed by atoms with Gasteiger partial charge in [-0.15, -0.1) is 0 Å². The summed E-state index contributed by atoms with van der Waals surface area (Å²) >= 11 is 0. The first-order valence-corrected chi connectivity index (χ1v) is 7.81. The van der Waals surface area contributed by atoms with Crippen molar-refractivity contribution in [2.24, 2.45) is 5.92 Å². The molecule has 4 nitrogen and oxygen atoms in total. The number of aromatic nitrogens is 1. The molecule has 1 aliphatic heterocycles. The van der Waals surface area contributed by atoms with E-state index in [4.69, 9.17) is 0 Å². The summed E-state index contributed by atoms with van der Waals surface area (Å²) in [4.78, 5) is 18.9. The van der Waals surface area contributed by atoms with Gasteiger partial charge in [0.25, 0.3) is 0 Å². The molecule has 0 atom stereocenters. The van der Waals surface area contributed by atoms with Crippen molar-refractivity contribution in [2.45, 2.75) is 45.1 Å². The molecule has 20 heavy (non-hydrogen) atoms. The third-order valence-electron chi connectivity index (χ3n) is 4.45. The van der Waals surface area contributed by atoms with E-state index < -0.39 is 0 Å². The predicted octanol–water partition coefficient (Wildman–Crippen LogP) is 2.49. The lowest BCUT2D eigenvalue weighted by atomic mass is 10.1. The average molecular weight is 273 g/mol. The van der Waals surface area contributed by atoms with Gasteiger partial charge in [-0.1, -0.05) is 18.9 Å². The number of nitrogens with one attached hydrogen (secondary N) is 1. The van der Waals surface area contributed by atoms with Crippen LogP contribution in [0.2, 0.25) is 0 Å².